The van der Waals surface area contributed by atoms with Crippen LogP contribution in [-0.4, -0.2) is 34.2 Å². The van der Waals surface area contributed by atoms with Crippen molar-refractivity contribution in [3.63, 3.8) is 0 Å². The normalized spacial score (nSPS) is 10.5. The topological polar surface area (TPSA) is 54.0 Å². The van der Waals surface area contributed by atoms with Crippen LogP contribution in [0.5, 0.6) is 23.0 Å². The molecule has 0 N–H and O–H groups in total. The molecule has 0 fully saturated rings. The number of hydrogen-bond acceptors (Lipinski definition) is 5. The van der Waals surface area contributed by atoms with E-state index in [1.807, 2.05) is 12.1 Å². The molecule has 126 valence electrons. The van der Waals surface area contributed by atoms with Gasteiger partial charge in [0.05, 0.1) is 34.0 Å². The lowest BCUT2D eigenvalue weighted by atomic mass is 10.1. The Morgan fingerprint density at radius 2 is 1.62 bits per heavy atom. The fourth-order valence-electron chi connectivity index (χ4n) is 2.31. The molecule has 0 aliphatic carbocycles. The predicted octanol–water partition coefficient (Wildman–Crippen LogP) is 3.62. The molecule has 5 nitrogen and oxygen atoms in total. The predicted molar refractivity (Wildman–Crippen MR) is 92.5 cm³/mol. The van der Waals surface area contributed by atoms with Gasteiger partial charge in [-0.15, -0.1) is 0 Å². The number of carbonyl (C=O) groups is 1. The zero-order valence-corrected chi connectivity index (χ0v) is 14.2. The Morgan fingerprint density at radius 3 is 2.25 bits per heavy atom. The average molecular weight is 328 g/mol. The first-order valence-electron chi connectivity index (χ1n) is 7.30. The van der Waals surface area contributed by atoms with Crippen LogP contribution >= 0.6 is 0 Å². The maximum Gasteiger partial charge on any atom is 0.189 e. The van der Waals surface area contributed by atoms with E-state index in [-0.39, 0.29) is 5.78 Å². The van der Waals surface area contributed by atoms with Crippen molar-refractivity contribution < 1.29 is 23.7 Å². The molecule has 0 bridgehead atoms. The summed E-state index contributed by atoms with van der Waals surface area (Å²) in [4.78, 5) is 12.5. The molecule has 0 radical (unpaired) electrons. The van der Waals surface area contributed by atoms with Crippen LogP contribution in [0.3, 0.4) is 0 Å². The molecule has 2 rings (SSSR count). The maximum atomic E-state index is 12.5. The summed E-state index contributed by atoms with van der Waals surface area (Å²) >= 11 is 0. The number of hydrogen-bond donors (Lipinski definition) is 0. The molecule has 2 aromatic carbocycles. The van der Waals surface area contributed by atoms with Crippen LogP contribution in [0.1, 0.15) is 15.9 Å². The third-order valence-corrected chi connectivity index (χ3v) is 3.52. The first-order valence-corrected chi connectivity index (χ1v) is 7.30. The van der Waals surface area contributed by atoms with Crippen molar-refractivity contribution >= 4 is 11.9 Å². The summed E-state index contributed by atoms with van der Waals surface area (Å²) in [6, 6.07) is 10.6. The summed E-state index contributed by atoms with van der Waals surface area (Å²) < 4.78 is 21.0. The van der Waals surface area contributed by atoms with Crippen LogP contribution in [-0.2, 0) is 0 Å². The van der Waals surface area contributed by atoms with E-state index in [0.717, 1.165) is 5.56 Å². The van der Waals surface area contributed by atoms with Gasteiger partial charge >= 0.3 is 0 Å². The highest BCUT2D eigenvalue weighted by Crippen LogP contribution is 2.32. The number of methoxy groups -OCH3 is 4. The Bertz CT molecular complexity index is 749. The summed E-state index contributed by atoms with van der Waals surface area (Å²) in [5.74, 6) is 2.05. The van der Waals surface area contributed by atoms with Crippen LogP contribution in [0.15, 0.2) is 42.5 Å². The lowest BCUT2D eigenvalue weighted by molar-refractivity contribution is 0.104. The second-order valence-corrected chi connectivity index (χ2v) is 4.85. The first kappa shape index (κ1) is 17.4. The molecule has 0 aromatic heterocycles. The van der Waals surface area contributed by atoms with Gasteiger partial charge < -0.3 is 18.9 Å². The van der Waals surface area contributed by atoms with E-state index in [9.17, 15) is 4.79 Å². The fraction of sp³-hybridized carbons (Fsp3) is 0.211. The second-order valence-electron chi connectivity index (χ2n) is 4.85. The molecule has 0 aliphatic rings. The van der Waals surface area contributed by atoms with Gasteiger partial charge in [-0.1, -0.05) is 12.1 Å². The van der Waals surface area contributed by atoms with E-state index in [1.54, 1.807) is 51.7 Å². The Labute approximate surface area is 141 Å². The summed E-state index contributed by atoms with van der Waals surface area (Å²) in [5.41, 5.74) is 1.17. The van der Waals surface area contributed by atoms with Crippen LogP contribution in [0.25, 0.3) is 6.08 Å². The minimum Gasteiger partial charge on any atom is -0.497 e. The smallest absolute Gasteiger partial charge is 0.189 e. The van der Waals surface area contributed by atoms with Gasteiger partial charge in [-0.3, -0.25) is 4.79 Å². The number of ether oxygens (including phenoxy) is 4. The molecule has 24 heavy (non-hydrogen) atoms. The van der Waals surface area contributed by atoms with Crippen LogP contribution < -0.4 is 18.9 Å². The van der Waals surface area contributed by atoms with E-state index < -0.39 is 0 Å². The van der Waals surface area contributed by atoms with Gasteiger partial charge in [0.2, 0.25) is 0 Å². The third kappa shape index (κ3) is 3.68. The van der Waals surface area contributed by atoms with E-state index in [4.69, 9.17) is 18.9 Å². The van der Waals surface area contributed by atoms with Crippen LogP contribution in [0, 0.1) is 0 Å². The number of benzene rings is 2. The minimum absolute atomic E-state index is 0.198. The molecular weight excluding hydrogens is 308 g/mol. The van der Waals surface area contributed by atoms with E-state index in [2.05, 4.69) is 0 Å². The highest BCUT2D eigenvalue weighted by atomic mass is 16.5. The molecule has 0 saturated carbocycles. The summed E-state index contributed by atoms with van der Waals surface area (Å²) in [5, 5.41) is 0. The number of carbonyl (C=O) groups excluding carboxylic acids is 1. The Morgan fingerprint density at radius 1 is 0.875 bits per heavy atom. The lowest BCUT2D eigenvalue weighted by Gasteiger charge is -2.10. The van der Waals surface area contributed by atoms with E-state index >= 15 is 0 Å². The number of rotatable bonds is 7. The van der Waals surface area contributed by atoms with Crippen molar-refractivity contribution in [2.45, 2.75) is 0 Å². The molecule has 0 spiro atoms. The zero-order valence-electron chi connectivity index (χ0n) is 14.2. The summed E-state index contributed by atoms with van der Waals surface area (Å²) in [6.45, 7) is 0. The van der Waals surface area contributed by atoms with Crippen molar-refractivity contribution in [2.75, 3.05) is 28.4 Å². The van der Waals surface area contributed by atoms with Gasteiger partial charge in [0.15, 0.2) is 17.3 Å². The van der Waals surface area contributed by atoms with Crippen molar-refractivity contribution in [2.24, 2.45) is 0 Å². The SMILES string of the molecule is COc1ccc(OC)c(C(=O)C=Cc2cccc(OC)c2OC)c1. The monoisotopic (exact) mass is 328 g/mol. The lowest BCUT2D eigenvalue weighted by Crippen LogP contribution is -2.00. The fourth-order valence-corrected chi connectivity index (χ4v) is 2.31. The molecule has 0 heterocycles. The van der Waals surface area contributed by atoms with Gasteiger partial charge in [0.25, 0.3) is 0 Å². The van der Waals surface area contributed by atoms with Gasteiger partial charge in [-0.05, 0) is 36.4 Å². The molecule has 0 amide bonds. The number of para-hydroxylation sites is 1. The van der Waals surface area contributed by atoms with Gasteiger partial charge in [-0.2, -0.15) is 0 Å². The van der Waals surface area contributed by atoms with E-state index in [1.165, 1.54) is 13.2 Å². The Balaban J connectivity index is 2.35. The Hall–Kier alpha value is -2.95. The standard InChI is InChI=1S/C19H20O5/c1-21-14-9-11-17(22-2)15(12-14)16(20)10-8-13-6-5-7-18(23-3)19(13)24-4/h5-12H,1-4H3. The van der Waals surface area contributed by atoms with Gasteiger partial charge in [-0.25, -0.2) is 0 Å². The highest BCUT2D eigenvalue weighted by Gasteiger charge is 2.12. The molecule has 0 unspecified atom stereocenters. The first-order chi connectivity index (χ1) is 11.6. The Kier molecular flexibility index (Phi) is 5.84. The molecule has 5 heteroatoms. The molecule has 0 saturated heterocycles. The van der Waals surface area contributed by atoms with E-state index in [0.29, 0.717) is 28.6 Å². The number of ketones is 1. The van der Waals surface area contributed by atoms with Crippen LogP contribution in [0.4, 0.5) is 0 Å². The highest BCUT2D eigenvalue weighted by molar-refractivity contribution is 6.09. The van der Waals surface area contributed by atoms with Gasteiger partial charge in [0.1, 0.15) is 11.5 Å². The quantitative estimate of drug-likeness (QED) is 0.574. The van der Waals surface area contributed by atoms with Crippen molar-refractivity contribution in [1.29, 1.82) is 0 Å². The number of allylic oxidation sites excluding steroid dienone is 1. The summed E-state index contributed by atoms with van der Waals surface area (Å²) in [6.07, 6.45) is 3.15. The average Bonchev–Trinajstić information content (AvgIpc) is 2.64. The van der Waals surface area contributed by atoms with Crippen LogP contribution in [0.2, 0.25) is 0 Å². The van der Waals surface area contributed by atoms with Crippen molar-refractivity contribution in [3.05, 3.63) is 53.6 Å². The van der Waals surface area contributed by atoms with Gasteiger partial charge in [0, 0.05) is 5.56 Å². The maximum absolute atomic E-state index is 12.5. The molecule has 2 aromatic rings. The zero-order chi connectivity index (χ0) is 17.5. The van der Waals surface area contributed by atoms with Crippen molar-refractivity contribution in [1.82, 2.24) is 0 Å². The third-order valence-electron chi connectivity index (χ3n) is 3.52. The minimum atomic E-state index is -0.198. The van der Waals surface area contributed by atoms with Crippen molar-refractivity contribution in [3.8, 4) is 23.0 Å². The molecule has 0 atom stereocenters. The largest absolute Gasteiger partial charge is 0.497 e. The molecule has 0 aliphatic heterocycles. The molecular formula is C19H20O5. The summed E-state index contributed by atoms with van der Waals surface area (Å²) in [7, 11) is 6.19. The second kappa shape index (κ2) is 8.06.